The van der Waals surface area contributed by atoms with E-state index in [1.165, 1.54) is 4.90 Å². The largest absolute Gasteiger partial charge is 0.493 e. The monoisotopic (exact) mass is 413 g/mol. The highest BCUT2D eigenvalue weighted by molar-refractivity contribution is 5.96. The van der Waals surface area contributed by atoms with E-state index in [0.717, 1.165) is 5.56 Å². The highest BCUT2D eigenvalue weighted by Crippen LogP contribution is 2.32. The van der Waals surface area contributed by atoms with E-state index in [1.54, 1.807) is 42.2 Å². The number of aliphatic hydroxyl groups excluding tert-OH is 1. The second-order valence-corrected chi connectivity index (χ2v) is 6.92. The molecule has 160 valence electrons. The molecule has 0 saturated carbocycles. The molecular formula is C22H27N3O5. The quantitative estimate of drug-likeness (QED) is 0.680. The first-order chi connectivity index (χ1) is 14.6. The van der Waals surface area contributed by atoms with Gasteiger partial charge in [0.05, 0.1) is 20.8 Å². The maximum atomic E-state index is 12.9. The van der Waals surface area contributed by atoms with Gasteiger partial charge in [-0.25, -0.2) is 4.79 Å². The summed E-state index contributed by atoms with van der Waals surface area (Å²) >= 11 is 0. The molecule has 0 atom stereocenters. The summed E-state index contributed by atoms with van der Waals surface area (Å²) < 4.78 is 10.6. The van der Waals surface area contributed by atoms with Gasteiger partial charge in [0.2, 0.25) is 5.91 Å². The highest BCUT2D eigenvalue weighted by Gasteiger charge is 2.32. The SMILES string of the molecule is COc1ccc(N2CCN(CC(=O)N(CCO)Cc3ccccc3)C2=O)cc1OC. The minimum absolute atomic E-state index is 0.0323. The lowest BCUT2D eigenvalue weighted by molar-refractivity contribution is -0.132. The molecule has 1 saturated heterocycles. The van der Waals surface area contributed by atoms with E-state index in [2.05, 4.69) is 0 Å². The van der Waals surface area contributed by atoms with Crippen molar-refractivity contribution in [1.29, 1.82) is 0 Å². The molecule has 0 radical (unpaired) electrons. The molecule has 1 heterocycles. The Hall–Kier alpha value is -3.26. The molecule has 2 aromatic carbocycles. The molecule has 0 bridgehead atoms. The fourth-order valence-electron chi connectivity index (χ4n) is 3.44. The van der Waals surface area contributed by atoms with Crippen LogP contribution in [0, 0.1) is 0 Å². The van der Waals surface area contributed by atoms with Crippen LogP contribution in [0.25, 0.3) is 0 Å². The predicted octanol–water partition coefficient (Wildman–Crippen LogP) is 1.97. The molecule has 1 aliphatic rings. The van der Waals surface area contributed by atoms with E-state index < -0.39 is 0 Å². The lowest BCUT2D eigenvalue weighted by Crippen LogP contribution is -2.43. The molecule has 2 aromatic rings. The fourth-order valence-corrected chi connectivity index (χ4v) is 3.44. The summed E-state index contributed by atoms with van der Waals surface area (Å²) in [5.41, 5.74) is 1.66. The van der Waals surface area contributed by atoms with Crippen molar-refractivity contribution in [3.8, 4) is 11.5 Å². The molecule has 3 amide bonds. The highest BCUT2D eigenvalue weighted by atomic mass is 16.5. The number of nitrogens with zero attached hydrogens (tertiary/aromatic N) is 3. The Balaban J connectivity index is 1.67. The minimum Gasteiger partial charge on any atom is -0.493 e. The van der Waals surface area contributed by atoms with E-state index in [9.17, 15) is 14.7 Å². The van der Waals surface area contributed by atoms with Crippen LogP contribution < -0.4 is 14.4 Å². The predicted molar refractivity (Wildman–Crippen MR) is 113 cm³/mol. The number of amides is 3. The Morgan fingerprint density at radius 3 is 2.47 bits per heavy atom. The van der Waals surface area contributed by atoms with Crippen molar-refractivity contribution in [3.05, 3.63) is 54.1 Å². The molecule has 3 rings (SSSR count). The van der Waals surface area contributed by atoms with Crippen LogP contribution in [0.5, 0.6) is 11.5 Å². The van der Waals surface area contributed by atoms with Gasteiger partial charge in [0, 0.05) is 37.9 Å². The number of benzene rings is 2. The molecule has 1 fully saturated rings. The number of urea groups is 1. The summed E-state index contributed by atoms with van der Waals surface area (Å²) in [6.07, 6.45) is 0. The maximum absolute atomic E-state index is 12.9. The fraction of sp³-hybridized carbons (Fsp3) is 0.364. The average molecular weight is 413 g/mol. The first-order valence-corrected chi connectivity index (χ1v) is 9.78. The van der Waals surface area contributed by atoms with Crippen LogP contribution in [0.1, 0.15) is 5.56 Å². The minimum atomic E-state index is -0.237. The molecule has 0 aromatic heterocycles. The molecule has 0 spiro atoms. The second kappa shape index (κ2) is 9.98. The van der Waals surface area contributed by atoms with Crippen molar-refractivity contribution in [1.82, 2.24) is 9.80 Å². The summed E-state index contributed by atoms with van der Waals surface area (Å²) in [4.78, 5) is 30.4. The lowest BCUT2D eigenvalue weighted by Gasteiger charge is -2.25. The van der Waals surface area contributed by atoms with Crippen molar-refractivity contribution < 1.29 is 24.2 Å². The Labute approximate surface area is 176 Å². The van der Waals surface area contributed by atoms with Crippen LogP contribution in [-0.4, -0.2) is 73.9 Å². The Bertz CT molecular complexity index is 874. The van der Waals surface area contributed by atoms with Crippen molar-refractivity contribution in [2.45, 2.75) is 6.54 Å². The third kappa shape index (κ3) is 4.83. The van der Waals surface area contributed by atoms with Gasteiger partial charge in [-0.15, -0.1) is 0 Å². The van der Waals surface area contributed by atoms with Crippen LogP contribution >= 0.6 is 0 Å². The van der Waals surface area contributed by atoms with E-state index in [-0.39, 0.29) is 31.6 Å². The van der Waals surface area contributed by atoms with Gasteiger partial charge in [-0.05, 0) is 17.7 Å². The van der Waals surface area contributed by atoms with Crippen molar-refractivity contribution in [3.63, 3.8) is 0 Å². The van der Waals surface area contributed by atoms with Crippen LogP contribution in [0.2, 0.25) is 0 Å². The smallest absolute Gasteiger partial charge is 0.325 e. The summed E-state index contributed by atoms with van der Waals surface area (Å²) in [6.45, 7) is 1.36. The number of aliphatic hydroxyl groups is 1. The summed E-state index contributed by atoms with van der Waals surface area (Å²) in [5.74, 6) is 0.921. The number of hydrogen-bond acceptors (Lipinski definition) is 5. The zero-order valence-electron chi connectivity index (χ0n) is 17.3. The van der Waals surface area contributed by atoms with Crippen LogP contribution in [0.4, 0.5) is 10.5 Å². The third-order valence-corrected chi connectivity index (χ3v) is 5.04. The molecule has 0 unspecified atom stereocenters. The Morgan fingerprint density at radius 2 is 1.80 bits per heavy atom. The van der Waals surface area contributed by atoms with Crippen LogP contribution in [0.3, 0.4) is 0 Å². The summed E-state index contributed by atoms with van der Waals surface area (Å²) in [5, 5.41) is 9.35. The summed E-state index contributed by atoms with van der Waals surface area (Å²) in [6, 6.07) is 14.6. The first kappa shape index (κ1) is 21.4. The molecule has 0 aliphatic carbocycles. The van der Waals surface area contributed by atoms with Gasteiger partial charge in [-0.1, -0.05) is 30.3 Å². The molecule has 1 N–H and O–H groups in total. The number of anilines is 1. The molecule has 1 aliphatic heterocycles. The number of ether oxygens (including phenoxy) is 2. The van der Waals surface area contributed by atoms with Crippen LogP contribution in [0.15, 0.2) is 48.5 Å². The number of hydrogen-bond donors (Lipinski definition) is 1. The number of carbonyl (C=O) groups is 2. The van der Waals surface area contributed by atoms with Gasteiger partial charge in [0.1, 0.15) is 6.54 Å². The van der Waals surface area contributed by atoms with Gasteiger partial charge in [0.25, 0.3) is 0 Å². The van der Waals surface area contributed by atoms with Gasteiger partial charge >= 0.3 is 6.03 Å². The Morgan fingerprint density at radius 1 is 1.07 bits per heavy atom. The number of rotatable bonds is 9. The lowest BCUT2D eigenvalue weighted by atomic mass is 10.2. The average Bonchev–Trinajstić information content (AvgIpc) is 3.13. The molecule has 8 nitrogen and oxygen atoms in total. The van der Waals surface area contributed by atoms with Gasteiger partial charge in [-0.3, -0.25) is 9.69 Å². The van der Waals surface area contributed by atoms with Crippen LogP contribution in [-0.2, 0) is 11.3 Å². The van der Waals surface area contributed by atoms with Crippen molar-refractivity contribution >= 4 is 17.6 Å². The second-order valence-electron chi connectivity index (χ2n) is 6.92. The number of methoxy groups -OCH3 is 2. The molecular weight excluding hydrogens is 386 g/mol. The zero-order valence-corrected chi connectivity index (χ0v) is 17.3. The molecule has 30 heavy (non-hydrogen) atoms. The maximum Gasteiger partial charge on any atom is 0.325 e. The molecule has 8 heteroatoms. The Kier molecular flexibility index (Phi) is 7.13. The van der Waals surface area contributed by atoms with E-state index in [4.69, 9.17) is 9.47 Å². The number of carbonyl (C=O) groups excluding carboxylic acids is 2. The van der Waals surface area contributed by atoms with Gasteiger partial charge < -0.3 is 24.4 Å². The topological polar surface area (TPSA) is 82.5 Å². The summed E-state index contributed by atoms with van der Waals surface area (Å²) in [7, 11) is 3.10. The normalized spacial score (nSPS) is 13.5. The van der Waals surface area contributed by atoms with E-state index in [1.807, 2.05) is 30.3 Å². The van der Waals surface area contributed by atoms with Crippen molar-refractivity contribution in [2.24, 2.45) is 0 Å². The van der Waals surface area contributed by atoms with Gasteiger partial charge in [0.15, 0.2) is 11.5 Å². The standard InChI is InChI=1S/C22H27N3O5/c1-29-19-9-8-18(14-20(19)30-2)25-11-10-24(22(25)28)16-21(27)23(12-13-26)15-17-6-4-3-5-7-17/h3-9,14,26H,10-13,15-16H2,1-2H3. The van der Waals surface area contributed by atoms with Gasteiger partial charge in [-0.2, -0.15) is 0 Å². The van der Waals surface area contributed by atoms with E-state index >= 15 is 0 Å². The van der Waals surface area contributed by atoms with E-state index in [0.29, 0.717) is 36.8 Å². The van der Waals surface area contributed by atoms with Crippen molar-refractivity contribution in [2.75, 3.05) is 51.9 Å². The third-order valence-electron chi connectivity index (χ3n) is 5.04. The zero-order chi connectivity index (χ0) is 21.5. The first-order valence-electron chi connectivity index (χ1n) is 9.78.